The molecule has 26 heavy (non-hydrogen) atoms. The molecule has 1 unspecified atom stereocenters. The summed E-state index contributed by atoms with van der Waals surface area (Å²) in [5.74, 6) is -1.87. The van der Waals surface area contributed by atoms with Gasteiger partial charge in [-0.05, 0) is 42.7 Å². The van der Waals surface area contributed by atoms with Crippen molar-refractivity contribution in [3.63, 3.8) is 0 Å². The number of aliphatic carboxylic acids is 1. The van der Waals surface area contributed by atoms with Gasteiger partial charge in [-0.15, -0.1) is 0 Å². The Balaban J connectivity index is 1.81. The van der Waals surface area contributed by atoms with Crippen molar-refractivity contribution in [2.24, 2.45) is 5.92 Å². The van der Waals surface area contributed by atoms with Crippen molar-refractivity contribution in [1.82, 2.24) is 0 Å². The number of imide groups is 1. The van der Waals surface area contributed by atoms with Gasteiger partial charge in [-0.2, -0.15) is 0 Å². The van der Waals surface area contributed by atoms with Crippen molar-refractivity contribution in [2.45, 2.75) is 19.8 Å². The average molecular weight is 349 g/mol. The van der Waals surface area contributed by atoms with E-state index < -0.39 is 5.97 Å². The number of hydrogen-bond acceptors (Lipinski definition) is 3. The third-order valence-corrected chi connectivity index (χ3v) is 4.35. The van der Waals surface area contributed by atoms with Crippen LogP contribution in [0.1, 0.15) is 23.1 Å². The van der Waals surface area contributed by atoms with E-state index in [1.54, 1.807) is 24.3 Å². The van der Waals surface area contributed by atoms with Crippen molar-refractivity contribution in [3.05, 3.63) is 71.3 Å². The van der Waals surface area contributed by atoms with Gasteiger partial charge >= 0.3 is 5.97 Å². The van der Waals surface area contributed by atoms with E-state index in [4.69, 9.17) is 5.11 Å². The lowest BCUT2D eigenvalue weighted by molar-refractivity contribution is -0.131. The Morgan fingerprint density at radius 2 is 1.96 bits per heavy atom. The van der Waals surface area contributed by atoms with Crippen LogP contribution in [-0.4, -0.2) is 22.9 Å². The van der Waals surface area contributed by atoms with Crippen molar-refractivity contribution in [2.75, 3.05) is 4.90 Å². The van der Waals surface area contributed by atoms with Crippen LogP contribution in [0.4, 0.5) is 5.69 Å². The van der Waals surface area contributed by atoms with E-state index in [0.717, 1.165) is 17.2 Å². The quantitative estimate of drug-likeness (QED) is 0.664. The van der Waals surface area contributed by atoms with Gasteiger partial charge < -0.3 is 5.11 Å². The molecular formula is C21H19NO4. The zero-order valence-corrected chi connectivity index (χ0v) is 14.4. The molecule has 5 nitrogen and oxygen atoms in total. The van der Waals surface area contributed by atoms with Crippen LogP contribution in [0, 0.1) is 12.8 Å². The summed E-state index contributed by atoms with van der Waals surface area (Å²) < 4.78 is 0. The Morgan fingerprint density at radius 3 is 2.69 bits per heavy atom. The molecule has 0 bridgehead atoms. The predicted molar refractivity (Wildman–Crippen MR) is 98.6 cm³/mol. The van der Waals surface area contributed by atoms with Crippen LogP contribution >= 0.6 is 0 Å². The first kappa shape index (κ1) is 17.6. The summed E-state index contributed by atoms with van der Waals surface area (Å²) in [5, 5.41) is 8.73. The number of carboxylic acid groups (broad SMARTS) is 1. The Labute approximate surface area is 151 Å². The summed E-state index contributed by atoms with van der Waals surface area (Å²) in [4.78, 5) is 37.1. The van der Waals surface area contributed by atoms with Gasteiger partial charge in [-0.1, -0.05) is 42.0 Å². The smallest absolute Gasteiger partial charge is 0.328 e. The van der Waals surface area contributed by atoms with Gasteiger partial charge in [0.05, 0.1) is 11.6 Å². The zero-order chi connectivity index (χ0) is 18.7. The zero-order valence-electron chi connectivity index (χ0n) is 14.4. The molecule has 2 amide bonds. The number of amides is 2. The van der Waals surface area contributed by atoms with Crippen LogP contribution in [0.3, 0.4) is 0 Å². The van der Waals surface area contributed by atoms with Crippen molar-refractivity contribution >= 4 is 29.5 Å². The fourth-order valence-electron chi connectivity index (χ4n) is 3.18. The molecular weight excluding hydrogens is 330 g/mol. The first-order chi connectivity index (χ1) is 12.4. The Kier molecular flexibility index (Phi) is 4.98. The summed E-state index contributed by atoms with van der Waals surface area (Å²) in [6, 6.07) is 14.7. The monoisotopic (exact) mass is 349 g/mol. The molecule has 0 radical (unpaired) electrons. The Hall–Kier alpha value is -3.21. The molecule has 5 heteroatoms. The predicted octanol–water partition coefficient (Wildman–Crippen LogP) is 3.22. The molecule has 1 N–H and O–H groups in total. The highest BCUT2D eigenvalue weighted by molar-refractivity contribution is 6.21. The standard InChI is InChI=1S/C21H19NO4/c1-14-4-2-6-16(10-14)11-17-13-19(23)22(21(17)26)18-7-3-5-15(12-18)8-9-20(24)25/h2-10,12,17H,11,13H2,1H3,(H,24,25). The molecule has 0 aliphatic carbocycles. The first-order valence-electron chi connectivity index (χ1n) is 8.37. The molecule has 1 heterocycles. The maximum Gasteiger partial charge on any atom is 0.328 e. The van der Waals surface area contributed by atoms with Crippen LogP contribution < -0.4 is 4.90 Å². The van der Waals surface area contributed by atoms with Crippen molar-refractivity contribution in [1.29, 1.82) is 0 Å². The van der Waals surface area contributed by atoms with Crippen LogP contribution in [-0.2, 0) is 20.8 Å². The van der Waals surface area contributed by atoms with Gasteiger partial charge in [0.25, 0.3) is 0 Å². The van der Waals surface area contributed by atoms with E-state index in [2.05, 4.69) is 0 Å². The highest BCUT2D eigenvalue weighted by Gasteiger charge is 2.39. The van der Waals surface area contributed by atoms with Gasteiger partial charge in [-0.25, -0.2) is 4.79 Å². The van der Waals surface area contributed by atoms with Gasteiger partial charge in [0.2, 0.25) is 11.8 Å². The second kappa shape index (κ2) is 7.35. The number of aryl methyl sites for hydroxylation is 1. The summed E-state index contributed by atoms with van der Waals surface area (Å²) in [5.41, 5.74) is 3.25. The lowest BCUT2D eigenvalue weighted by Crippen LogP contribution is -2.30. The highest BCUT2D eigenvalue weighted by Crippen LogP contribution is 2.29. The summed E-state index contributed by atoms with van der Waals surface area (Å²) in [7, 11) is 0. The summed E-state index contributed by atoms with van der Waals surface area (Å²) >= 11 is 0. The molecule has 3 rings (SSSR count). The van der Waals surface area contributed by atoms with Crippen LogP contribution in [0.2, 0.25) is 0 Å². The highest BCUT2D eigenvalue weighted by atomic mass is 16.4. The largest absolute Gasteiger partial charge is 0.478 e. The molecule has 1 fully saturated rings. The third kappa shape index (κ3) is 3.88. The van der Waals surface area contributed by atoms with E-state index in [-0.39, 0.29) is 24.2 Å². The lowest BCUT2D eigenvalue weighted by Gasteiger charge is -2.16. The van der Waals surface area contributed by atoms with Crippen LogP contribution in [0.5, 0.6) is 0 Å². The molecule has 1 aliphatic rings. The topological polar surface area (TPSA) is 74.7 Å². The minimum absolute atomic E-state index is 0.183. The fourth-order valence-corrected chi connectivity index (χ4v) is 3.18. The lowest BCUT2D eigenvalue weighted by atomic mass is 9.97. The van der Waals surface area contributed by atoms with Gasteiger partial charge in [-0.3, -0.25) is 14.5 Å². The number of benzene rings is 2. The molecule has 1 aliphatic heterocycles. The van der Waals surface area contributed by atoms with Gasteiger partial charge in [0, 0.05) is 12.5 Å². The number of carbonyl (C=O) groups excluding carboxylic acids is 2. The molecule has 0 spiro atoms. The van der Waals surface area contributed by atoms with E-state index in [1.165, 1.54) is 11.0 Å². The van der Waals surface area contributed by atoms with E-state index in [1.807, 2.05) is 31.2 Å². The fraction of sp³-hybridized carbons (Fsp3) is 0.190. The average Bonchev–Trinajstić information content (AvgIpc) is 2.87. The molecule has 132 valence electrons. The second-order valence-electron chi connectivity index (χ2n) is 6.43. The molecule has 2 aromatic rings. The van der Waals surface area contributed by atoms with E-state index in [9.17, 15) is 14.4 Å². The third-order valence-electron chi connectivity index (χ3n) is 4.35. The maximum atomic E-state index is 12.8. The number of carbonyl (C=O) groups is 3. The minimum atomic E-state index is -1.05. The number of nitrogens with zero attached hydrogens (tertiary/aromatic N) is 1. The summed E-state index contributed by atoms with van der Waals surface area (Å²) in [6.07, 6.45) is 3.16. The SMILES string of the molecule is Cc1cccc(CC2CC(=O)N(c3cccc(C=CC(=O)O)c3)C2=O)c1. The minimum Gasteiger partial charge on any atom is -0.478 e. The molecule has 1 atom stereocenters. The Morgan fingerprint density at radius 1 is 1.19 bits per heavy atom. The van der Waals surface area contributed by atoms with Crippen molar-refractivity contribution < 1.29 is 19.5 Å². The van der Waals surface area contributed by atoms with E-state index >= 15 is 0 Å². The number of anilines is 1. The van der Waals surface area contributed by atoms with Crippen LogP contribution in [0.25, 0.3) is 6.08 Å². The van der Waals surface area contributed by atoms with Crippen LogP contribution in [0.15, 0.2) is 54.6 Å². The Bertz CT molecular complexity index is 900. The van der Waals surface area contributed by atoms with Gasteiger partial charge in [0.1, 0.15) is 0 Å². The number of carboxylic acids is 1. The molecule has 1 saturated heterocycles. The maximum absolute atomic E-state index is 12.8. The molecule has 0 saturated carbocycles. The second-order valence-corrected chi connectivity index (χ2v) is 6.43. The molecule has 2 aromatic carbocycles. The normalized spacial score (nSPS) is 17.3. The van der Waals surface area contributed by atoms with E-state index in [0.29, 0.717) is 17.7 Å². The summed E-state index contributed by atoms with van der Waals surface area (Å²) in [6.45, 7) is 1.99. The number of rotatable bonds is 5. The molecule has 0 aromatic heterocycles. The van der Waals surface area contributed by atoms with Crippen molar-refractivity contribution in [3.8, 4) is 0 Å². The first-order valence-corrected chi connectivity index (χ1v) is 8.37. The van der Waals surface area contributed by atoms with Gasteiger partial charge in [0.15, 0.2) is 0 Å². The number of hydrogen-bond donors (Lipinski definition) is 1.